The zero-order valence-electron chi connectivity index (χ0n) is 13.4. The molecule has 1 heterocycles. The summed E-state index contributed by atoms with van der Waals surface area (Å²) in [4.78, 5) is 17.8. The van der Waals surface area contributed by atoms with E-state index in [1.165, 1.54) is 16.9 Å². The molecule has 0 saturated heterocycles. The molecule has 0 saturated carbocycles. The van der Waals surface area contributed by atoms with Gasteiger partial charge in [0.1, 0.15) is 0 Å². The number of amides is 1. The summed E-state index contributed by atoms with van der Waals surface area (Å²) in [5, 5.41) is 4.30. The third kappa shape index (κ3) is 4.29. The minimum absolute atomic E-state index is 0.00936. The van der Waals surface area contributed by atoms with Crippen LogP contribution in [0.4, 0.5) is 5.13 Å². The van der Waals surface area contributed by atoms with Crippen LogP contribution in [-0.2, 0) is 4.79 Å². The highest BCUT2D eigenvalue weighted by Gasteiger charge is 2.10. The summed E-state index contributed by atoms with van der Waals surface area (Å²) >= 11 is 9.02. The van der Waals surface area contributed by atoms with E-state index in [9.17, 15) is 4.79 Å². The third-order valence-corrected chi connectivity index (χ3v) is 5.67. The number of anilines is 1. The summed E-state index contributed by atoms with van der Waals surface area (Å²) in [6, 6.07) is 11.8. The molecule has 0 bridgehead atoms. The van der Waals surface area contributed by atoms with Crippen molar-refractivity contribution in [1.82, 2.24) is 4.98 Å². The largest absolute Gasteiger partial charge is 0.302 e. The van der Waals surface area contributed by atoms with E-state index in [0.29, 0.717) is 11.6 Å². The molecule has 0 radical (unpaired) electrons. The van der Waals surface area contributed by atoms with Gasteiger partial charge in [0.25, 0.3) is 0 Å². The van der Waals surface area contributed by atoms with Gasteiger partial charge in [0, 0.05) is 22.1 Å². The smallest absolute Gasteiger partial charge is 0.226 e. The monoisotopic (exact) mass is 376 g/mol. The first-order valence-corrected chi connectivity index (χ1v) is 9.75. The summed E-state index contributed by atoms with van der Waals surface area (Å²) in [6.45, 7) is 4.11. The molecule has 24 heavy (non-hydrogen) atoms. The number of thiazole rings is 1. The van der Waals surface area contributed by atoms with Crippen LogP contribution >= 0.6 is 34.7 Å². The Morgan fingerprint density at radius 3 is 2.75 bits per heavy atom. The molecule has 2 aromatic carbocycles. The highest BCUT2D eigenvalue weighted by Crippen LogP contribution is 2.29. The zero-order chi connectivity index (χ0) is 17.1. The lowest BCUT2D eigenvalue weighted by atomic mass is 10.1. The van der Waals surface area contributed by atoms with Crippen LogP contribution in [0.1, 0.15) is 17.5 Å². The van der Waals surface area contributed by atoms with E-state index in [1.54, 1.807) is 11.8 Å². The Labute approximate surface area is 154 Å². The number of aryl methyl sites for hydroxylation is 2. The quantitative estimate of drug-likeness (QED) is 0.582. The van der Waals surface area contributed by atoms with Crippen molar-refractivity contribution in [3.63, 3.8) is 0 Å². The number of halogens is 1. The van der Waals surface area contributed by atoms with Crippen LogP contribution in [0, 0.1) is 13.8 Å². The van der Waals surface area contributed by atoms with Gasteiger partial charge >= 0.3 is 0 Å². The van der Waals surface area contributed by atoms with Gasteiger partial charge in [0.15, 0.2) is 5.13 Å². The first-order valence-electron chi connectivity index (χ1n) is 7.57. The second kappa shape index (κ2) is 7.55. The molecule has 1 N–H and O–H groups in total. The number of thioether (sulfide) groups is 1. The first kappa shape index (κ1) is 17.3. The van der Waals surface area contributed by atoms with Gasteiger partial charge in [-0.25, -0.2) is 4.98 Å². The van der Waals surface area contributed by atoms with Crippen LogP contribution in [0.3, 0.4) is 0 Å². The number of fused-ring (bicyclic) bond motifs is 1. The van der Waals surface area contributed by atoms with E-state index < -0.39 is 0 Å². The molecule has 0 aliphatic carbocycles. The van der Waals surface area contributed by atoms with Crippen LogP contribution in [0.15, 0.2) is 41.3 Å². The SMILES string of the molecule is Cc1cc(C)c2nc(NC(=O)CCSc3ccc(Cl)cc3)sc2c1. The normalized spacial score (nSPS) is 11.0. The van der Waals surface area contributed by atoms with E-state index in [1.807, 2.05) is 31.2 Å². The molecule has 1 amide bonds. The average Bonchev–Trinajstić information content (AvgIpc) is 2.92. The van der Waals surface area contributed by atoms with Crippen molar-refractivity contribution in [2.45, 2.75) is 25.2 Å². The number of aromatic nitrogens is 1. The highest BCUT2D eigenvalue weighted by molar-refractivity contribution is 7.99. The molecule has 0 aliphatic rings. The van der Waals surface area contributed by atoms with Gasteiger partial charge in [-0.15, -0.1) is 11.8 Å². The predicted molar refractivity (Wildman–Crippen MR) is 105 cm³/mol. The Balaban J connectivity index is 1.57. The van der Waals surface area contributed by atoms with Gasteiger partial charge in [-0.2, -0.15) is 0 Å². The van der Waals surface area contributed by atoms with Gasteiger partial charge < -0.3 is 5.32 Å². The Hall–Kier alpha value is -1.56. The topological polar surface area (TPSA) is 42.0 Å². The number of carbonyl (C=O) groups is 1. The van der Waals surface area contributed by atoms with Crippen LogP contribution in [0.2, 0.25) is 5.02 Å². The van der Waals surface area contributed by atoms with Crippen molar-refractivity contribution >= 4 is 56.0 Å². The molecular weight excluding hydrogens is 360 g/mol. The van der Waals surface area contributed by atoms with Gasteiger partial charge in [0.2, 0.25) is 5.91 Å². The predicted octanol–water partition coefficient (Wildman–Crippen LogP) is 5.69. The Bertz CT molecular complexity index is 875. The van der Waals surface area contributed by atoms with Gasteiger partial charge in [-0.1, -0.05) is 29.0 Å². The van der Waals surface area contributed by atoms with E-state index >= 15 is 0 Å². The number of nitrogens with one attached hydrogen (secondary N) is 1. The molecule has 124 valence electrons. The van der Waals surface area contributed by atoms with Crippen LogP contribution < -0.4 is 5.32 Å². The Morgan fingerprint density at radius 2 is 2.00 bits per heavy atom. The van der Waals surface area contributed by atoms with E-state index in [0.717, 1.165) is 31.5 Å². The molecule has 1 aromatic heterocycles. The summed E-state index contributed by atoms with van der Waals surface area (Å²) in [5.74, 6) is 0.709. The maximum atomic E-state index is 12.1. The average molecular weight is 377 g/mol. The molecular formula is C18H17ClN2OS2. The lowest BCUT2D eigenvalue weighted by Gasteiger charge is -2.02. The van der Waals surface area contributed by atoms with Crippen LogP contribution in [0.5, 0.6) is 0 Å². The maximum absolute atomic E-state index is 12.1. The molecule has 0 aliphatic heterocycles. The zero-order valence-corrected chi connectivity index (χ0v) is 15.8. The molecule has 0 unspecified atom stereocenters. The van der Waals surface area contributed by atoms with Gasteiger partial charge in [0.05, 0.1) is 10.2 Å². The summed E-state index contributed by atoms with van der Waals surface area (Å²) in [6.07, 6.45) is 0.446. The van der Waals surface area contributed by atoms with Crippen molar-refractivity contribution in [3.05, 3.63) is 52.5 Å². The standard InChI is InChI=1S/C18H17ClN2OS2/c1-11-9-12(2)17-15(10-11)24-18(21-17)20-16(22)7-8-23-14-5-3-13(19)4-6-14/h3-6,9-10H,7-8H2,1-2H3,(H,20,21,22). The number of carbonyl (C=O) groups excluding carboxylic acids is 1. The molecule has 0 spiro atoms. The maximum Gasteiger partial charge on any atom is 0.226 e. The highest BCUT2D eigenvalue weighted by atomic mass is 35.5. The molecule has 3 nitrogen and oxygen atoms in total. The summed E-state index contributed by atoms with van der Waals surface area (Å²) in [5.41, 5.74) is 3.32. The van der Waals surface area contributed by atoms with Crippen molar-refractivity contribution in [2.24, 2.45) is 0 Å². The Morgan fingerprint density at radius 1 is 1.25 bits per heavy atom. The molecule has 3 rings (SSSR count). The van der Waals surface area contributed by atoms with E-state index in [-0.39, 0.29) is 5.91 Å². The molecule has 0 fully saturated rings. The number of nitrogens with zero attached hydrogens (tertiary/aromatic N) is 1. The van der Waals surface area contributed by atoms with Crippen molar-refractivity contribution in [1.29, 1.82) is 0 Å². The fraction of sp³-hybridized carbons (Fsp3) is 0.222. The lowest BCUT2D eigenvalue weighted by molar-refractivity contribution is -0.115. The first-order chi connectivity index (χ1) is 11.5. The van der Waals surface area contributed by atoms with Crippen LogP contribution in [-0.4, -0.2) is 16.6 Å². The number of rotatable bonds is 5. The minimum atomic E-state index is -0.00936. The lowest BCUT2D eigenvalue weighted by Crippen LogP contribution is -2.11. The summed E-state index contributed by atoms with van der Waals surface area (Å²) in [7, 11) is 0. The van der Waals surface area contributed by atoms with Crippen LogP contribution in [0.25, 0.3) is 10.2 Å². The molecule has 0 atom stereocenters. The number of hydrogen-bond donors (Lipinski definition) is 1. The van der Waals surface area contributed by atoms with Crippen molar-refractivity contribution in [3.8, 4) is 0 Å². The third-order valence-electron chi connectivity index (χ3n) is 3.49. The molecule has 6 heteroatoms. The summed E-state index contributed by atoms with van der Waals surface area (Å²) < 4.78 is 1.11. The second-order valence-corrected chi connectivity index (χ2v) is 8.18. The number of hydrogen-bond acceptors (Lipinski definition) is 4. The van der Waals surface area contributed by atoms with Crippen molar-refractivity contribution in [2.75, 3.05) is 11.1 Å². The fourth-order valence-electron chi connectivity index (χ4n) is 2.40. The fourth-order valence-corrected chi connectivity index (χ4v) is 4.43. The van der Waals surface area contributed by atoms with E-state index in [4.69, 9.17) is 11.6 Å². The van der Waals surface area contributed by atoms with Gasteiger partial charge in [-0.3, -0.25) is 4.79 Å². The molecule has 3 aromatic rings. The van der Waals surface area contributed by atoms with E-state index in [2.05, 4.69) is 29.4 Å². The van der Waals surface area contributed by atoms with Gasteiger partial charge in [-0.05, 0) is 55.3 Å². The Kier molecular flexibility index (Phi) is 5.43. The second-order valence-electron chi connectivity index (χ2n) is 5.55. The number of benzene rings is 2. The minimum Gasteiger partial charge on any atom is -0.302 e. The van der Waals surface area contributed by atoms with Crippen molar-refractivity contribution < 1.29 is 4.79 Å².